The molecule has 21 heavy (non-hydrogen) atoms. The topological polar surface area (TPSA) is 46.6 Å². The van der Waals surface area contributed by atoms with Gasteiger partial charge >= 0.3 is 0 Å². The Bertz CT molecular complexity index is 500. The number of benzene rings is 1. The molecule has 1 aromatic carbocycles. The predicted molar refractivity (Wildman–Crippen MR) is 79.2 cm³/mol. The first-order valence-electron chi connectivity index (χ1n) is 7.80. The number of imide groups is 1. The van der Waals surface area contributed by atoms with Crippen LogP contribution < -0.4 is 0 Å². The monoisotopic (exact) mass is 287 g/mol. The Hall–Kier alpha value is -1.68. The van der Waals surface area contributed by atoms with Gasteiger partial charge in [0.2, 0.25) is 0 Å². The van der Waals surface area contributed by atoms with Gasteiger partial charge in [0.1, 0.15) is 0 Å². The lowest BCUT2D eigenvalue weighted by molar-refractivity contribution is 0.0488. The molecule has 0 aromatic heterocycles. The standard InChI is InChI=1S/C17H21NO3/c19-16-14-8-4-5-9-15(14)17(20)18(16)10-11-21-12-13-6-2-1-3-7-13/h4-5,8-9,13H,1-3,6-7,10-12H2. The molecule has 3 rings (SSSR count). The van der Waals surface area contributed by atoms with E-state index in [1.807, 2.05) is 0 Å². The summed E-state index contributed by atoms with van der Waals surface area (Å²) in [6.45, 7) is 1.53. The number of carbonyl (C=O) groups is 2. The van der Waals surface area contributed by atoms with E-state index in [-0.39, 0.29) is 11.8 Å². The largest absolute Gasteiger partial charge is 0.379 e. The summed E-state index contributed by atoms with van der Waals surface area (Å²) in [6.07, 6.45) is 6.42. The second kappa shape index (κ2) is 6.39. The molecular formula is C17H21NO3. The summed E-state index contributed by atoms with van der Waals surface area (Å²) in [5, 5.41) is 0. The van der Waals surface area contributed by atoms with Crippen LogP contribution in [0.4, 0.5) is 0 Å². The van der Waals surface area contributed by atoms with Crippen molar-refractivity contribution >= 4 is 11.8 Å². The van der Waals surface area contributed by atoms with E-state index in [9.17, 15) is 9.59 Å². The number of hydrogen-bond donors (Lipinski definition) is 0. The van der Waals surface area contributed by atoms with E-state index in [4.69, 9.17) is 4.74 Å². The lowest BCUT2D eigenvalue weighted by Gasteiger charge is -2.22. The highest BCUT2D eigenvalue weighted by atomic mass is 16.5. The summed E-state index contributed by atoms with van der Waals surface area (Å²) in [5.41, 5.74) is 1.02. The maximum atomic E-state index is 12.2. The fourth-order valence-corrected chi connectivity index (χ4v) is 3.20. The van der Waals surface area contributed by atoms with Crippen LogP contribution in [-0.4, -0.2) is 36.5 Å². The molecule has 4 nitrogen and oxygen atoms in total. The number of fused-ring (bicyclic) bond motifs is 1. The van der Waals surface area contributed by atoms with Crippen LogP contribution >= 0.6 is 0 Å². The van der Waals surface area contributed by atoms with Gasteiger partial charge in [-0.05, 0) is 30.9 Å². The van der Waals surface area contributed by atoms with Crippen molar-refractivity contribution in [1.29, 1.82) is 0 Å². The minimum Gasteiger partial charge on any atom is -0.379 e. The van der Waals surface area contributed by atoms with Gasteiger partial charge in [0.05, 0.1) is 24.3 Å². The van der Waals surface area contributed by atoms with Crippen molar-refractivity contribution in [3.63, 3.8) is 0 Å². The molecule has 1 aliphatic carbocycles. The van der Waals surface area contributed by atoms with E-state index in [2.05, 4.69) is 0 Å². The molecule has 0 atom stereocenters. The third-order valence-corrected chi connectivity index (χ3v) is 4.42. The summed E-state index contributed by atoms with van der Waals surface area (Å²) in [5.74, 6) is 0.259. The number of rotatable bonds is 5. The van der Waals surface area contributed by atoms with E-state index >= 15 is 0 Å². The highest BCUT2D eigenvalue weighted by Gasteiger charge is 2.34. The van der Waals surface area contributed by atoms with Crippen molar-refractivity contribution in [3.8, 4) is 0 Å². The van der Waals surface area contributed by atoms with Gasteiger partial charge in [-0.15, -0.1) is 0 Å². The zero-order valence-electron chi connectivity index (χ0n) is 12.2. The molecule has 0 spiro atoms. The van der Waals surface area contributed by atoms with Crippen molar-refractivity contribution < 1.29 is 14.3 Å². The maximum absolute atomic E-state index is 12.2. The van der Waals surface area contributed by atoms with Gasteiger partial charge in [0, 0.05) is 6.61 Å². The van der Waals surface area contributed by atoms with E-state index in [1.54, 1.807) is 24.3 Å². The number of carbonyl (C=O) groups excluding carboxylic acids is 2. The van der Waals surface area contributed by atoms with E-state index in [0.29, 0.717) is 30.2 Å². The number of nitrogens with zero attached hydrogens (tertiary/aromatic N) is 1. The maximum Gasteiger partial charge on any atom is 0.261 e. The molecule has 4 heteroatoms. The Morgan fingerprint density at radius 3 is 2.24 bits per heavy atom. The van der Waals surface area contributed by atoms with Crippen LogP contribution in [-0.2, 0) is 4.74 Å². The lowest BCUT2D eigenvalue weighted by Crippen LogP contribution is -2.33. The van der Waals surface area contributed by atoms with Crippen LogP contribution in [0.25, 0.3) is 0 Å². The quantitative estimate of drug-likeness (QED) is 0.618. The fraction of sp³-hybridized carbons (Fsp3) is 0.529. The SMILES string of the molecule is O=C1c2ccccc2C(=O)N1CCOCC1CCCCC1. The molecular weight excluding hydrogens is 266 g/mol. The molecule has 1 heterocycles. The molecule has 112 valence electrons. The Morgan fingerprint density at radius 2 is 1.62 bits per heavy atom. The van der Waals surface area contributed by atoms with Crippen molar-refractivity contribution in [2.45, 2.75) is 32.1 Å². The van der Waals surface area contributed by atoms with Gasteiger partial charge < -0.3 is 4.74 Å². The minimum absolute atomic E-state index is 0.197. The van der Waals surface area contributed by atoms with Gasteiger partial charge in [-0.25, -0.2) is 0 Å². The smallest absolute Gasteiger partial charge is 0.261 e. The van der Waals surface area contributed by atoms with Crippen LogP contribution in [0.3, 0.4) is 0 Å². The molecule has 0 N–H and O–H groups in total. The molecule has 1 saturated carbocycles. The van der Waals surface area contributed by atoms with E-state index < -0.39 is 0 Å². The highest BCUT2D eigenvalue weighted by molar-refractivity contribution is 6.21. The summed E-state index contributed by atoms with van der Waals surface area (Å²) in [7, 11) is 0. The summed E-state index contributed by atoms with van der Waals surface area (Å²) >= 11 is 0. The first-order chi connectivity index (χ1) is 10.3. The third kappa shape index (κ3) is 3.00. The van der Waals surface area contributed by atoms with Gasteiger partial charge in [-0.2, -0.15) is 0 Å². The first kappa shape index (κ1) is 14.3. The average Bonchev–Trinajstić information content (AvgIpc) is 2.77. The molecule has 0 unspecified atom stereocenters. The molecule has 0 radical (unpaired) electrons. The van der Waals surface area contributed by atoms with Crippen molar-refractivity contribution in [2.75, 3.05) is 19.8 Å². The van der Waals surface area contributed by atoms with Crippen molar-refractivity contribution in [1.82, 2.24) is 4.90 Å². The number of ether oxygens (including phenoxy) is 1. The van der Waals surface area contributed by atoms with Crippen LogP contribution in [0.5, 0.6) is 0 Å². The number of amides is 2. The van der Waals surface area contributed by atoms with Gasteiger partial charge in [0.25, 0.3) is 11.8 Å². The number of hydrogen-bond acceptors (Lipinski definition) is 3. The van der Waals surface area contributed by atoms with Crippen LogP contribution in [0.2, 0.25) is 0 Å². The van der Waals surface area contributed by atoms with Gasteiger partial charge in [0.15, 0.2) is 0 Å². The van der Waals surface area contributed by atoms with Crippen molar-refractivity contribution in [3.05, 3.63) is 35.4 Å². The average molecular weight is 287 g/mol. The van der Waals surface area contributed by atoms with Gasteiger partial charge in [-0.1, -0.05) is 31.4 Å². The molecule has 0 bridgehead atoms. The molecule has 0 saturated heterocycles. The molecule has 1 aliphatic heterocycles. The third-order valence-electron chi connectivity index (χ3n) is 4.42. The molecule has 2 amide bonds. The van der Waals surface area contributed by atoms with Crippen LogP contribution in [0.15, 0.2) is 24.3 Å². The molecule has 1 fully saturated rings. The molecule has 1 aromatic rings. The minimum atomic E-state index is -0.197. The first-order valence-corrected chi connectivity index (χ1v) is 7.80. The second-order valence-corrected chi connectivity index (χ2v) is 5.89. The summed E-state index contributed by atoms with van der Waals surface area (Å²) in [4.78, 5) is 25.6. The van der Waals surface area contributed by atoms with E-state index in [0.717, 1.165) is 6.61 Å². The Kier molecular flexibility index (Phi) is 4.34. The van der Waals surface area contributed by atoms with E-state index in [1.165, 1.54) is 37.0 Å². The van der Waals surface area contributed by atoms with Gasteiger partial charge in [-0.3, -0.25) is 14.5 Å². The Labute approximate surface area is 125 Å². The Balaban J connectivity index is 1.48. The van der Waals surface area contributed by atoms with Crippen LogP contribution in [0.1, 0.15) is 52.8 Å². The zero-order chi connectivity index (χ0) is 14.7. The normalized spacial score (nSPS) is 19.1. The second-order valence-electron chi connectivity index (χ2n) is 5.89. The van der Waals surface area contributed by atoms with Crippen molar-refractivity contribution in [2.24, 2.45) is 5.92 Å². The molecule has 2 aliphatic rings. The fourth-order valence-electron chi connectivity index (χ4n) is 3.20. The highest BCUT2D eigenvalue weighted by Crippen LogP contribution is 2.24. The Morgan fingerprint density at radius 1 is 1.00 bits per heavy atom. The predicted octanol–water partition coefficient (Wildman–Crippen LogP) is 2.88. The zero-order valence-corrected chi connectivity index (χ0v) is 12.2. The van der Waals surface area contributed by atoms with Crippen LogP contribution in [0, 0.1) is 5.92 Å². The lowest BCUT2D eigenvalue weighted by atomic mass is 9.90. The summed E-state index contributed by atoms with van der Waals surface area (Å²) < 4.78 is 5.68. The summed E-state index contributed by atoms with van der Waals surface area (Å²) in [6, 6.07) is 6.98.